The van der Waals surface area contributed by atoms with Crippen molar-refractivity contribution in [3.63, 3.8) is 0 Å². The molecule has 0 saturated heterocycles. The first-order valence-electron chi connectivity index (χ1n) is 3.90. The summed E-state index contributed by atoms with van der Waals surface area (Å²) in [6.45, 7) is 3.42. The zero-order valence-corrected chi connectivity index (χ0v) is 8.99. The number of hydrogen-bond acceptors (Lipinski definition) is 1. The van der Waals surface area contributed by atoms with Gasteiger partial charge in [-0.15, -0.1) is 0 Å². The van der Waals surface area contributed by atoms with Gasteiger partial charge < -0.3 is 0 Å². The van der Waals surface area contributed by atoms with Gasteiger partial charge in [0.05, 0.1) is 0 Å². The topological polar surface area (TPSA) is 17.1 Å². The lowest BCUT2D eigenvalue weighted by Gasteiger charge is -2.11. The van der Waals surface area contributed by atoms with Gasteiger partial charge in [0, 0.05) is 5.56 Å². The van der Waals surface area contributed by atoms with E-state index in [4.69, 9.17) is 23.2 Å². The van der Waals surface area contributed by atoms with E-state index in [1.54, 1.807) is 12.1 Å². The predicted molar refractivity (Wildman–Crippen MR) is 55.6 cm³/mol. The van der Waals surface area contributed by atoms with Crippen LogP contribution in [0, 0.1) is 6.92 Å². The summed E-state index contributed by atoms with van der Waals surface area (Å²) in [6, 6.07) is 7.15. The van der Waals surface area contributed by atoms with E-state index < -0.39 is 4.33 Å². The van der Waals surface area contributed by atoms with Crippen LogP contribution in [0.2, 0.25) is 0 Å². The van der Waals surface area contributed by atoms with Gasteiger partial charge in [-0.25, -0.2) is 0 Å². The number of alkyl halides is 2. The molecule has 0 aromatic heterocycles. The molecule has 1 aromatic rings. The van der Waals surface area contributed by atoms with Crippen LogP contribution in [0.3, 0.4) is 0 Å². The number of halogens is 2. The Labute approximate surface area is 87.7 Å². The number of ketones is 1. The van der Waals surface area contributed by atoms with Crippen molar-refractivity contribution in [3.8, 4) is 0 Å². The van der Waals surface area contributed by atoms with Crippen molar-refractivity contribution in [2.45, 2.75) is 18.2 Å². The molecule has 0 radical (unpaired) electrons. The average molecular weight is 217 g/mol. The van der Waals surface area contributed by atoms with Gasteiger partial charge in [-0.2, -0.15) is 0 Å². The fraction of sp³-hybridized carbons (Fsp3) is 0.300. The van der Waals surface area contributed by atoms with Crippen LogP contribution in [0.1, 0.15) is 22.8 Å². The molecule has 0 N–H and O–H groups in total. The summed E-state index contributed by atoms with van der Waals surface area (Å²) in [5.74, 6) is -0.268. The van der Waals surface area contributed by atoms with Gasteiger partial charge in [0.25, 0.3) is 0 Å². The zero-order valence-electron chi connectivity index (χ0n) is 7.47. The monoisotopic (exact) mass is 216 g/mol. The summed E-state index contributed by atoms with van der Waals surface area (Å²) in [6.07, 6.45) is 0. The van der Waals surface area contributed by atoms with Crippen molar-refractivity contribution in [2.24, 2.45) is 0 Å². The molecule has 1 rings (SSSR count). The molecule has 0 heterocycles. The molecule has 70 valence electrons. The summed E-state index contributed by atoms with van der Waals surface area (Å²) in [7, 11) is 0. The number of carbonyl (C=O) groups is 1. The predicted octanol–water partition coefficient (Wildman–Crippen LogP) is 3.37. The molecular formula is C10H10Cl2O. The Kier molecular flexibility index (Phi) is 2.99. The summed E-state index contributed by atoms with van der Waals surface area (Å²) < 4.78 is -1.34. The van der Waals surface area contributed by atoms with Crippen LogP contribution in [0.25, 0.3) is 0 Å². The Bertz CT molecular complexity index is 309. The largest absolute Gasteiger partial charge is 0.291 e. The lowest BCUT2D eigenvalue weighted by molar-refractivity contribution is 0.0978. The van der Waals surface area contributed by atoms with Crippen LogP contribution in [0.15, 0.2) is 24.3 Å². The van der Waals surface area contributed by atoms with E-state index in [0.29, 0.717) is 5.56 Å². The van der Waals surface area contributed by atoms with Gasteiger partial charge in [0.1, 0.15) is 0 Å². The second-order valence-corrected chi connectivity index (χ2v) is 4.79. The van der Waals surface area contributed by atoms with Crippen LogP contribution in [0.4, 0.5) is 0 Å². The zero-order chi connectivity index (χ0) is 10.1. The summed E-state index contributed by atoms with van der Waals surface area (Å²) >= 11 is 11.3. The van der Waals surface area contributed by atoms with Gasteiger partial charge in [-0.3, -0.25) is 4.79 Å². The van der Waals surface area contributed by atoms with E-state index in [0.717, 1.165) is 5.56 Å². The molecule has 0 fully saturated rings. The highest BCUT2D eigenvalue weighted by Crippen LogP contribution is 2.25. The minimum Gasteiger partial charge on any atom is -0.291 e. The number of aryl methyl sites for hydroxylation is 1. The molecule has 1 nitrogen and oxygen atoms in total. The Balaban J connectivity index is 2.97. The third-order valence-electron chi connectivity index (χ3n) is 1.71. The smallest absolute Gasteiger partial charge is 0.198 e. The fourth-order valence-electron chi connectivity index (χ4n) is 0.958. The lowest BCUT2D eigenvalue weighted by atomic mass is 10.1. The molecule has 0 aliphatic carbocycles. The third kappa shape index (κ3) is 2.71. The molecule has 0 bridgehead atoms. The highest BCUT2D eigenvalue weighted by atomic mass is 35.5. The van der Waals surface area contributed by atoms with E-state index in [2.05, 4.69) is 0 Å². The second-order valence-electron chi connectivity index (χ2n) is 3.08. The quantitative estimate of drug-likeness (QED) is 0.548. The normalized spacial score (nSPS) is 11.4. The Hall–Kier alpha value is -0.530. The number of rotatable bonds is 2. The molecular weight excluding hydrogens is 207 g/mol. The maximum atomic E-state index is 11.5. The molecule has 0 unspecified atom stereocenters. The van der Waals surface area contributed by atoms with Gasteiger partial charge in [-0.1, -0.05) is 53.0 Å². The molecule has 1 aromatic carbocycles. The summed E-state index contributed by atoms with van der Waals surface area (Å²) in [4.78, 5) is 11.5. The van der Waals surface area contributed by atoms with Crippen molar-refractivity contribution < 1.29 is 4.79 Å². The van der Waals surface area contributed by atoms with Crippen LogP contribution in [0.5, 0.6) is 0 Å². The summed E-state index contributed by atoms with van der Waals surface area (Å²) in [5.41, 5.74) is 1.64. The molecule has 3 heteroatoms. The molecule has 0 spiro atoms. The number of carbonyl (C=O) groups excluding carboxylic acids is 1. The SMILES string of the molecule is Cc1ccc(C(=O)C(C)(Cl)Cl)cc1. The molecule has 13 heavy (non-hydrogen) atoms. The van der Waals surface area contributed by atoms with Crippen LogP contribution in [-0.2, 0) is 0 Å². The van der Waals surface area contributed by atoms with Gasteiger partial charge in [-0.05, 0) is 13.8 Å². The first-order valence-corrected chi connectivity index (χ1v) is 4.66. The maximum Gasteiger partial charge on any atom is 0.198 e. The highest BCUT2D eigenvalue weighted by Gasteiger charge is 2.28. The van der Waals surface area contributed by atoms with Crippen LogP contribution < -0.4 is 0 Å². The van der Waals surface area contributed by atoms with Gasteiger partial charge in [0.2, 0.25) is 0 Å². The van der Waals surface area contributed by atoms with E-state index >= 15 is 0 Å². The lowest BCUT2D eigenvalue weighted by Crippen LogP contribution is -2.21. The van der Waals surface area contributed by atoms with Crippen molar-refractivity contribution in [2.75, 3.05) is 0 Å². The average Bonchev–Trinajstić information content (AvgIpc) is 2.03. The number of benzene rings is 1. The minimum absolute atomic E-state index is 0.268. The summed E-state index contributed by atoms with van der Waals surface area (Å²) in [5, 5.41) is 0. The van der Waals surface area contributed by atoms with E-state index in [9.17, 15) is 4.79 Å². The van der Waals surface area contributed by atoms with Crippen molar-refractivity contribution in [3.05, 3.63) is 35.4 Å². The number of Topliss-reactive ketones (excluding diaryl/α,β-unsaturated/α-hetero) is 1. The third-order valence-corrected chi connectivity index (χ3v) is 2.06. The minimum atomic E-state index is -1.34. The molecule has 0 saturated carbocycles. The Morgan fingerprint density at radius 1 is 1.23 bits per heavy atom. The molecule has 0 aliphatic rings. The van der Waals surface area contributed by atoms with Crippen molar-refractivity contribution >= 4 is 29.0 Å². The van der Waals surface area contributed by atoms with Crippen molar-refractivity contribution in [1.29, 1.82) is 0 Å². The van der Waals surface area contributed by atoms with Gasteiger partial charge in [0.15, 0.2) is 10.1 Å². The van der Waals surface area contributed by atoms with E-state index in [1.807, 2.05) is 19.1 Å². The Morgan fingerprint density at radius 3 is 2.08 bits per heavy atom. The highest BCUT2D eigenvalue weighted by molar-refractivity contribution is 6.59. The molecule has 0 amide bonds. The van der Waals surface area contributed by atoms with E-state index in [-0.39, 0.29) is 5.78 Å². The standard InChI is InChI=1S/C10H10Cl2O/c1-7-3-5-8(6-4-7)9(13)10(2,11)12/h3-6H,1-2H3. The number of hydrogen-bond donors (Lipinski definition) is 0. The Morgan fingerprint density at radius 2 is 1.69 bits per heavy atom. The van der Waals surface area contributed by atoms with Gasteiger partial charge >= 0.3 is 0 Å². The van der Waals surface area contributed by atoms with Crippen LogP contribution >= 0.6 is 23.2 Å². The second kappa shape index (κ2) is 3.69. The van der Waals surface area contributed by atoms with E-state index in [1.165, 1.54) is 6.92 Å². The fourth-order valence-corrected chi connectivity index (χ4v) is 1.18. The molecule has 0 aliphatic heterocycles. The maximum absolute atomic E-state index is 11.5. The van der Waals surface area contributed by atoms with Crippen LogP contribution in [-0.4, -0.2) is 10.1 Å². The molecule has 0 atom stereocenters. The first kappa shape index (κ1) is 10.6. The van der Waals surface area contributed by atoms with Crippen molar-refractivity contribution in [1.82, 2.24) is 0 Å². The first-order chi connectivity index (χ1) is 5.91.